The molecule has 3 aromatic rings. The Hall–Kier alpha value is -4.10. The predicted molar refractivity (Wildman–Crippen MR) is 187 cm³/mol. The highest BCUT2D eigenvalue weighted by Crippen LogP contribution is 2.64. The maximum atomic E-state index is 14.2. The number of benzene rings is 3. The van der Waals surface area contributed by atoms with Crippen LogP contribution in [0.25, 0.3) is 6.08 Å². The molecule has 1 saturated heterocycles. The molecule has 2 heterocycles. The number of methoxy groups -OCH3 is 1. The lowest BCUT2D eigenvalue weighted by Gasteiger charge is -2.60. The van der Waals surface area contributed by atoms with Gasteiger partial charge in [-0.3, -0.25) is 14.5 Å². The highest BCUT2D eigenvalue weighted by molar-refractivity contribution is 5.92. The zero-order valence-corrected chi connectivity index (χ0v) is 28.9. The van der Waals surface area contributed by atoms with Gasteiger partial charge in [0.15, 0.2) is 11.5 Å². The Morgan fingerprint density at radius 3 is 2.62 bits per heavy atom. The van der Waals surface area contributed by atoms with E-state index in [9.17, 15) is 9.59 Å². The van der Waals surface area contributed by atoms with Crippen molar-refractivity contribution >= 4 is 18.0 Å². The average molecular weight is 649 g/mol. The van der Waals surface area contributed by atoms with Crippen LogP contribution in [0.1, 0.15) is 74.0 Å². The second-order valence-electron chi connectivity index (χ2n) is 14.6. The summed E-state index contributed by atoms with van der Waals surface area (Å²) in [6.07, 6.45) is 6.88. The lowest BCUT2D eigenvalue weighted by molar-refractivity contribution is -0.151. The van der Waals surface area contributed by atoms with Crippen molar-refractivity contribution in [2.45, 2.75) is 83.1 Å². The van der Waals surface area contributed by atoms with Crippen LogP contribution in [0.4, 0.5) is 0 Å². The Bertz CT molecular complexity index is 1700. The smallest absolute Gasteiger partial charge is 0.303 e. The number of ether oxygens (including phenoxy) is 3. The van der Waals surface area contributed by atoms with Crippen LogP contribution in [0.5, 0.6) is 11.5 Å². The molecule has 0 aromatic heterocycles. The molecule has 7 heteroatoms. The van der Waals surface area contributed by atoms with Gasteiger partial charge in [-0.2, -0.15) is 0 Å². The first-order chi connectivity index (χ1) is 23.2. The Balaban J connectivity index is 1.24. The van der Waals surface area contributed by atoms with Crippen molar-refractivity contribution in [1.82, 2.24) is 9.80 Å². The van der Waals surface area contributed by atoms with Crippen molar-refractivity contribution in [3.05, 3.63) is 101 Å². The van der Waals surface area contributed by atoms with Gasteiger partial charge in [0.2, 0.25) is 5.91 Å². The summed E-state index contributed by atoms with van der Waals surface area (Å²) in [5, 5.41) is 0. The van der Waals surface area contributed by atoms with Gasteiger partial charge < -0.3 is 19.1 Å². The first-order valence-corrected chi connectivity index (χ1v) is 17.6. The maximum absolute atomic E-state index is 14.2. The molecule has 48 heavy (non-hydrogen) atoms. The molecular weight excluding hydrogens is 600 g/mol. The molecular formula is C41H48N2O5. The molecule has 0 radical (unpaired) electrons. The van der Waals surface area contributed by atoms with E-state index in [1.807, 2.05) is 54.6 Å². The molecule has 7 rings (SSSR count). The molecule has 6 atom stereocenters. The van der Waals surface area contributed by atoms with E-state index in [1.165, 1.54) is 23.6 Å². The van der Waals surface area contributed by atoms with Crippen LogP contribution in [0.2, 0.25) is 0 Å². The van der Waals surface area contributed by atoms with Crippen molar-refractivity contribution in [1.29, 1.82) is 0 Å². The van der Waals surface area contributed by atoms with Crippen LogP contribution >= 0.6 is 0 Å². The van der Waals surface area contributed by atoms with Crippen molar-refractivity contribution in [2.75, 3.05) is 26.7 Å². The summed E-state index contributed by atoms with van der Waals surface area (Å²) in [5.41, 5.74) is 5.61. The molecule has 1 spiro atoms. The third-order valence-electron chi connectivity index (χ3n) is 11.2. The fraction of sp³-hybridized carbons (Fsp3) is 0.463. The van der Waals surface area contributed by atoms with Crippen LogP contribution in [0.15, 0.2) is 72.8 Å². The van der Waals surface area contributed by atoms with Gasteiger partial charge in [-0.1, -0.05) is 80.1 Å². The summed E-state index contributed by atoms with van der Waals surface area (Å²) in [6, 6.07) is 22.8. The van der Waals surface area contributed by atoms with Gasteiger partial charge in [-0.15, -0.1) is 0 Å². The number of carbonyl (C=O) groups is 2. The molecule has 2 bridgehead atoms. The zero-order valence-electron chi connectivity index (χ0n) is 28.9. The van der Waals surface area contributed by atoms with Crippen LogP contribution in [0.3, 0.4) is 0 Å². The highest BCUT2D eigenvalue weighted by Gasteiger charge is 2.66. The summed E-state index contributed by atoms with van der Waals surface area (Å²) in [5.74, 6) is 2.07. The Morgan fingerprint density at radius 1 is 1.08 bits per heavy atom. The van der Waals surface area contributed by atoms with Gasteiger partial charge in [0.05, 0.1) is 13.2 Å². The summed E-state index contributed by atoms with van der Waals surface area (Å²) in [7, 11) is 1.72. The first kappa shape index (κ1) is 32.4. The molecule has 2 aliphatic carbocycles. The lowest BCUT2D eigenvalue weighted by Crippen LogP contribution is -2.69. The largest absolute Gasteiger partial charge is 0.493 e. The van der Waals surface area contributed by atoms with E-state index >= 15 is 0 Å². The van der Waals surface area contributed by atoms with Crippen molar-refractivity contribution in [3.8, 4) is 11.5 Å². The van der Waals surface area contributed by atoms with E-state index in [-0.39, 0.29) is 41.6 Å². The topological polar surface area (TPSA) is 68.3 Å². The third-order valence-corrected chi connectivity index (χ3v) is 11.2. The van der Waals surface area contributed by atoms with Crippen LogP contribution in [-0.4, -0.2) is 66.6 Å². The third kappa shape index (κ3) is 5.70. The number of esters is 1. The maximum Gasteiger partial charge on any atom is 0.303 e. The molecule has 1 unspecified atom stereocenters. The predicted octanol–water partition coefficient (Wildman–Crippen LogP) is 6.91. The summed E-state index contributed by atoms with van der Waals surface area (Å²) in [4.78, 5) is 31.1. The molecule has 0 N–H and O–H groups in total. The van der Waals surface area contributed by atoms with Gasteiger partial charge in [-0.05, 0) is 79.8 Å². The van der Waals surface area contributed by atoms with Gasteiger partial charge in [0, 0.05) is 43.1 Å². The molecule has 4 aliphatic rings. The van der Waals surface area contributed by atoms with Gasteiger partial charge in [0.25, 0.3) is 0 Å². The number of rotatable bonds is 10. The van der Waals surface area contributed by atoms with Crippen molar-refractivity contribution in [3.63, 3.8) is 0 Å². The van der Waals surface area contributed by atoms with E-state index in [0.29, 0.717) is 24.9 Å². The lowest BCUT2D eigenvalue weighted by atomic mass is 9.51. The summed E-state index contributed by atoms with van der Waals surface area (Å²) in [6.45, 7) is 10.1. The van der Waals surface area contributed by atoms with E-state index in [2.05, 4.69) is 48.8 Å². The van der Waals surface area contributed by atoms with Gasteiger partial charge in [0.1, 0.15) is 12.2 Å². The summed E-state index contributed by atoms with van der Waals surface area (Å²) < 4.78 is 19.0. The Morgan fingerprint density at radius 2 is 1.90 bits per heavy atom. The van der Waals surface area contributed by atoms with Crippen LogP contribution in [0, 0.1) is 18.8 Å². The summed E-state index contributed by atoms with van der Waals surface area (Å²) >= 11 is 0. The second kappa shape index (κ2) is 13.1. The zero-order chi connectivity index (χ0) is 33.6. The monoisotopic (exact) mass is 648 g/mol. The highest BCUT2D eigenvalue weighted by atomic mass is 16.5. The minimum absolute atomic E-state index is 0.0358. The fourth-order valence-corrected chi connectivity index (χ4v) is 9.41. The van der Waals surface area contributed by atoms with E-state index in [0.717, 1.165) is 54.9 Å². The number of hydrogen-bond acceptors (Lipinski definition) is 6. The Labute approximate surface area is 284 Å². The number of amides is 1. The fourth-order valence-electron chi connectivity index (χ4n) is 9.41. The minimum Gasteiger partial charge on any atom is -0.493 e. The molecule has 3 aromatic carbocycles. The Kier molecular flexibility index (Phi) is 8.84. The molecule has 1 amide bonds. The number of carbonyl (C=O) groups excluding carboxylic acids is 2. The van der Waals surface area contributed by atoms with E-state index < -0.39 is 0 Å². The number of likely N-dealkylation sites (tertiary alicyclic amines) is 1. The number of aryl methyl sites for hydroxylation is 1. The molecule has 2 aliphatic heterocycles. The number of piperidine rings is 1. The second-order valence-corrected chi connectivity index (χ2v) is 14.6. The quantitative estimate of drug-likeness (QED) is 0.176. The number of hydrogen-bond donors (Lipinski definition) is 0. The van der Waals surface area contributed by atoms with Crippen molar-refractivity contribution in [2.24, 2.45) is 11.8 Å². The molecule has 252 valence electrons. The molecule has 7 nitrogen and oxygen atoms in total. The minimum atomic E-state index is -0.336. The molecule has 2 fully saturated rings. The van der Waals surface area contributed by atoms with E-state index in [1.54, 1.807) is 13.2 Å². The van der Waals surface area contributed by atoms with E-state index in [4.69, 9.17) is 14.2 Å². The standard InChI is InChI=1S/C41H48N2O5/c1-26(2)24-43(37(45)19-14-29-11-9-10-27(3)22-29)33-17-16-32-34-23-31-15-18-35(46-5)39-38(31)41(32,40(33)48-39)20-21-42(34)25-36(47-28(4)44)30-12-7-6-8-13-30/h6-15,18-19,22,26,32-34,36,40H,16-17,20-21,23-25H2,1-5H3/t32-,33-,34+,36?,40-,41-/m0/s1. The molecule has 1 saturated carbocycles. The van der Waals surface area contributed by atoms with Crippen LogP contribution in [-0.2, 0) is 26.2 Å². The van der Waals surface area contributed by atoms with Gasteiger partial charge in [-0.25, -0.2) is 0 Å². The van der Waals surface area contributed by atoms with Crippen molar-refractivity contribution < 1.29 is 23.8 Å². The average Bonchev–Trinajstić information content (AvgIpc) is 3.42. The number of nitrogens with zero attached hydrogens (tertiary/aromatic N) is 2. The normalized spacial score (nSPS) is 26.1. The SMILES string of the molecule is COc1ccc2c3c1O[C@H]1[C@@H](N(CC(C)C)C(=O)C=Cc4cccc(C)c4)CC[C@H]4[C@@H](C2)N(CC(OC(C)=O)c2ccccc2)CC[C@@]341. The van der Waals surface area contributed by atoms with Crippen LogP contribution < -0.4 is 9.47 Å². The van der Waals surface area contributed by atoms with Gasteiger partial charge >= 0.3 is 5.97 Å². The first-order valence-electron chi connectivity index (χ1n) is 17.6.